The first kappa shape index (κ1) is 20.7. The SMILES string of the molecule is CC(=O)N1CCC(n2cc(-c3cncc(OCc4ccc(Cl)cc4Cl)c3)cn2)CC1. The smallest absolute Gasteiger partial charge is 0.219 e. The number of amides is 1. The van der Waals surface area contributed by atoms with Crippen LogP contribution in [0.1, 0.15) is 31.4 Å². The molecule has 6 nitrogen and oxygen atoms in total. The van der Waals surface area contributed by atoms with E-state index in [-0.39, 0.29) is 5.91 Å². The number of carbonyl (C=O) groups is 1. The summed E-state index contributed by atoms with van der Waals surface area (Å²) in [5, 5.41) is 5.71. The molecule has 1 fully saturated rings. The van der Waals surface area contributed by atoms with E-state index in [1.807, 2.05) is 34.1 Å². The Kier molecular flexibility index (Phi) is 6.25. The Hall–Kier alpha value is -2.57. The van der Waals surface area contributed by atoms with Crippen LogP contribution in [0.15, 0.2) is 49.1 Å². The minimum Gasteiger partial charge on any atom is -0.487 e. The van der Waals surface area contributed by atoms with Crippen LogP contribution < -0.4 is 4.74 Å². The van der Waals surface area contributed by atoms with Crippen LogP contribution in [0.25, 0.3) is 11.1 Å². The topological polar surface area (TPSA) is 60.2 Å². The maximum atomic E-state index is 11.5. The summed E-state index contributed by atoms with van der Waals surface area (Å²) in [5.74, 6) is 0.790. The fourth-order valence-corrected chi connectivity index (χ4v) is 4.05. The lowest BCUT2D eigenvalue weighted by atomic mass is 10.1. The minimum atomic E-state index is 0.136. The molecule has 1 amide bonds. The van der Waals surface area contributed by atoms with Gasteiger partial charge in [0.2, 0.25) is 5.91 Å². The van der Waals surface area contributed by atoms with E-state index in [4.69, 9.17) is 27.9 Å². The van der Waals surface area contributed by atoms with Crippen LogP contribution in [-0.4, -0.2) is 38.7 Å². The van der Waals surface area contributed by atoms with Crippen LogP contribution in [0.2, 0.25) is 10.0 Å². The van der Waals surface area contributed by atoms with Gasteiger partial charge in [0.05, 0.1) is 18.4 Å². The van der Waals surface area contributed by atoms with E-state index >= 15 is 0 Å². The number of hydrogen-bond donors (Lipinski definition) is 0. The van der Waals surface area contributed by atoms with Gasteiger partial charge in [-0.15, -0.1) is 0 Å². The highest BCUT2D eigenvalue weighted by molar-refractivity contribution is 6.35. The molecule has 3 heterocycles. The van der Waals surface area contributed by atoms with Gasteiger partial charge < -0.3 is 9.64 Å². The Morgan fingerprint density at radius 1 is 1.13 bits per heavy atom. The second-order valence-corrected chi connectivity index (χ2v) is 8.22. The first-order valence-electron chi connectivity index (χ1n) is 9.81. The number of piperidine rings is 1. The molecule has 0 bridgehead atoms. The third-order valence-corrected chi connectivity index (χ3v) is 5.93. The quantitative estimate of drug-likeness (QED) is 0.554. The lowest BCUT2D eigenvalue weighted by Gasteiger charge is -2.31. The molecule has 1 aromatic carbocycles. The summed E-state index contributed by atoms with van der Waals surface area (Å²) in [7, 11) is 0. The second kappa shape index (κ2) is 9.06. The Labute approximate surface area is 185 Å². The van der Waals surface area contributed by atoms with Crippen LogP contribution in [0.3, 0.4) is 0 Å². The van der Waals surface area contributed by atoms with Gasteiger partial charge in [0.15, 0.2) is 0 Å². The Balaban J connectivity index is 1.42. The molecular weight excluding hydrogens is 423 g/mol. The number of carbonyl (C=O) groups excluding carboxylic acids is 1. The van der Waals surface area contributed by atoms with E-state index in [9.17, 15) is 4.79 Å². The van der Waals surface area contributed by atoms with E-state index in [1.165, 1.54) is 0 Å². The monoisotopic (exact) mass is 444 g/mol. The van der Waals surface area contributed by atoms with Gasteiger partial charge in [0.25, 0.3) is 0 Å². The number of ether oxygens (including phenoxy) is 1. The summed E-state index contributed by atoms with van der Waals surface area (Å²) in [6, 6.07) is 7.58. The van der Waals surface area contributed by atoms with Gasteiger partial charge in [-0.3, -0.25) is 14.5 Å². The van der Waals surface area contributed by atoms with Crippen LogP contribution in [-0.2, 0) is 11.4 Å². The van der Waals surface area contributed by atoms with E-state index < -0.39 is 0 Å². The molecule has 0 atom stereocenters. The van der Waals surface area contributed by atoms with E-state index in [0.29, 0.717) is 28.4 Å². The van der Waals surface area contributed by atoms with Crippen molar-refractivity contribution < 1.29 is 9.53 Å². The number of nitrogens with zero attached hydrogens (tertiary/aromatic N) is 4. The molecule has 0 aliphatic carbocycles. The molecule has 0 unspecified atom stereocenters. The van der Waals surface area contributed by atoms with Crippen molar-refractivity contribution in [2.24, 2.45) is 0 Å². The normalized spacial score (nSPS) is 14.7. The molecule has 30 heavy (non-hydrogen) atoms. The number of halogens is 2. The van der Waals surface area contributed by atoms with Gasteiger partial charge in [0.1, 0.15) is 12.4 Å². The van der Waals surface area contributed by atoms with Gasteiger partial charge in [-0.05, 0) is 31.0 Å². The van der Waals surface area contributed by atoms with Crippen molar-refractivity contribution in [3.63, 3.8) is 0 Å². The standard InChI is InChI=1S/C22H22Cl2N4O2/c1-15(29)27-6-4-20(5-7-27)28-13-18(11-26-28)17-8-21(12-25-10-17)30-14-16-2-3-19(23)9-22(16)24/h2-3,8-13,20H,4-7,14H2,1H3. The van der Waals surface area contributed by atoms with Crippen LogP contribution >= 0.6 is 23.2 Å². The first-order chi connectivity index (χ1) is 14.5. The number of rotatable bonds is 5. The molecule has 2 aromatic heterocycles. The zero-order valence-corrected chi connectivity index (χ0v) is 18.1. The molecule has 1 aliphatic rings. The summed E-state index contributed by atoms with van der Waals surface area (Å²) in [6.07, 6.45) is 9.16. The van der Waals surface area contributed by atoms with Gasteiger partial charge in [0, 0.05) is 59.1 Å². The van der Waals surface area contributed by atoms with Crippen molar-refractivity contribution in [1.29, 1.82) is 0 Å². The van der Waals surface area contributed by atoms with Crippen LogP contribution in [0.5, 0.6) is 5.75 Å². The molecule has 1 saturated heterocycles. The van der Waals surface area contributed by atoms with Gasteiger partial charge in [-0.2, -0.15) is 5.10 Å². The van der Waals surface area contributed by atoms with E-state index in [1.54, 1.807) is 31.5 Å². The summed E-state index contributed by atoms with van der Waals surface area (Å²) in [5.41, 5.74) is 2.77. The van der Waals surface area contributed by atoms with Gasteiger partial charge >= 0.3 is 0 Å². The summed E-state index contributed by atoms with van der Waals surface area (Å²) in [4.78, 5) is 17.7. The predicted molar refractivity (Wildman–Crippen MR) is 117 cm³/mol. The number of hydrogen-bond acceptors (Lipinski definition) is 4. The zero-order chi connectivity index (χ0) is 21.1. The Bertz CT molecular complexity index is 1050. The Morgan fingerprint density at radius 2 is 1.93 bits per heavy atom. The third-order valence-electron chi connectivity index (χ3n) is 5.34. The minimum absolute atomic E-state index is 0.136. The number of pyridine rings is 1. The summed E-state index contributed by atoms with van der Waals surface area (Å²) >= 11 is 12.2. The number of aromatic nitrogens is 3. The number of benzene rings is 1. The highest BCUT2D eigenvalue weighted by atomic mass is 35.5. The summed E-state index contributed by atoms with van der Waals surface area (Å²) < 4.78 is 7.87. The molecule has 3 aromatic rings. The first-order valence-corrected chi connectivity index (χ1v) is 10.6. The summed E-state index contributed by atoms with van der Waals surface area (Å²) in [6.45, 7) is 3.49. The molecule has 0 radical (unpaired) electrons. The van der Waals surface area contributed by atoms with Crippen molar-refractivity contribution in [1.82, 2.24) is 19.7 Å². The molecule has 8 heteroatoms. The molecular formula is C22H22Cl2N4O2. The maximum Gasteiger partial charge on any atom is 0.219 e. The maximum absolute atomic E-state index is 11.5. The molecule has 156 valence electrons. The number of likely N-dealkylation sites (tertiary alicyclic amines) is 1. The van der Waals surface area contributed by atoms with E-state index in [0.717, 1.165) is 42.6 Å². The second-order valence-electron chi connectivity index (χ2n) is 7.38. The zero-order valence-electron chi connectivity index (χ0n) is 16.6. The van der Waals surface area contributed by atoms with Gasteiger partial charge in [-0.25, -0.2) is 0 Å². The molecule has 4 rings (SSSR count). The van der Waals surface area contributed by atoms with Crippen molar-refractivity contribution in [3.8, 4) is 16.9 Å². The third kappa shape index (κ3) is 4.77. The van der Waals surface area contributed by atoms with Gasteiger partial charge in [-0.1, -0.05) is 29.3 Å². The fraction of sp³-hybridized carbons (Fsp3) is 0.318. The molecule has 0 spiro atoms. The average molecular weight is 445 g/mol. The highest BCUT2D eigenvalue weighted by Gasteiger charge is 2.22. The average Bonchev–Trinajstić information content (AvgIpc) is 3.24. The molecule has 1 aliphatic heterocycles. The Morgan fingerprint density at radius 3 is 2.67 bits per heavy atom. The van der Waals surface area contributed by atoms with Crippen molar-refractivity contribution in [2.75, 3.05) is 13.1 Å². The lowest BCUT2D eigenvalue weighted by Crippen LogP contribution is -2.37. The van der Waals surface area contributed by atoms with Crippen molar-refractivity contribution in [2.45, 2.75) is 32.4 Å². The largest absolute Gasteiger partial charge is 0.487 e. The van der Waals surface area contributed by atoms with Crippen molar-refractivity contribution in [3.05, 3.63) is 64.7 Å². The molecule has 0 saturated carbocycles. The molecule has 0 N–H and O–H groups in total. The van der Waals surface area contributed by atoms with Crippen LogP contribution in [0, 0.1) is 0 Å². The van der Waals surface area contributed by atoms with Crippen molar-refractivity contribution >= 4 is 29.1 Å². The highest BCUT2D eigenvalue weighted by Crippen LogP contribution is 2.28. The predicted octanol–water partition coefficient (Wildman–Crippen LogP) is 5.01. The lowest BCUT2D eigenvalue weighted by molar-refractivity contribution is -0.130. The fourth-order valence-electron chi connectivity index (χ4n) is 3.59. The van der Waals surface area contributed by atoms with Crippen LogP contribution in [0.4, 0.5) is 0 Å². The van der Waals surface area contributed by atoms with E-state index in [2.05, 4.69) is 10.1 Å².